The number of piperidine rings is 1. The van der Waals surface area contributed by atoms with Crippen LogP contribution in [0.25, 0.3) is 0 Å². The lowest BCUT2D eigenvalue weighted by Gasteiger charge is -2.44. The SMILES string of the molecule is NC1CC(N2CCC(OCCO)CC2)C1. The number of aliphatic hydroxyl groups excluding tert-OH is 1. The summed E-state index contributed by atoms with van der Waals surface area (Å²) in [4.78, 5) is 2.54. The maximum absolute atomic E-state index is 8.66. The molecule has 0 aromatic carbocycles. The second-order valence-electron chi connectivity index (χ2n) is 4.72. The zero-order valence-electron chi connectivity index (χ0n) is 9.27. The Balaban J connectivity index is 1.64. The molecule has 0 radical (unpaired) electrons. The lowest BCUT2D eigenvalue weighted by Crippen LogP contribution is -2.53. The highest BCUT2D eigenvalue weighted by atomic mass is 16.5. The van der Waals surface area contributed by atoms with Gasteiger partial charge in [-0.3, -0.25) is 0 Å². The summed E-state index contributed by atoms with van der Waals surface area (Å²) in [7, 11) is 0. The number of hydrogen-bond acceptors (Lipinski definition) is 4. The Morgan fingerprint density at radius 3 is 2.47 bits per heavy atom. The summed E-state index contributed by atoms with van der Waals surface area (Å²) in [6.07, 6.45) is 4.91. The van der Waals surface area contributed by atoms with Gasteiger partial charge in [0.2, 0.25) is 0 Å². The predicted molar refractivity (Wildman–Crippen MR) is 58.6 cm³/mol. The number of ether oxygens (including phenoxy) is 1. The van der Waals surface area contributed by atoms with Crippen molar-refractivity contribution in [1.82, 2.24) is 4.90 Å². The van der Waals surface area contributed by atoms with Crippen LogP contribution in [0.1, 0.15) is 25.7 Å². The summed E-state index contributed by atoms with van der Waals surface area (Å²) in [5.41, 5.74) is 5.79. The third-order valence-corrected chi connectivity index (χ3v) is 3.59. The molecule has 4 nitrogen and oxygen atoms in total. The number of rotatable bonds is 4. The first kappa shape index (κ1) is 11.3. The summed E-state index contributed by atoms with van der Waals surface area (Å²) in [6, 6.07) is 1.18. The summed E-state index contributed by atoms with van der Waals surface area (Å²) in [5, 5.41) is 8.66. The molecule has 0 bridgehead atoms. The maximum atomic E-state index is 8.66. The fraction of sp³-hybridized carbons (Fsp3) is 1.00. The van der Waals surface area contributed by atoms with Crippen LogP contribution in [-0.4, -0.2) is 54.5 Å². The summed E-state index contributed by atoms with van der Waals surface area (Å²) in [6.45, 7) is 2.89. The first-order valence-corrected chi connectivity index (χ1v) is 6.01. The van der Waals surface area contributed by atoms with Gasteiger partial charge in [-0.2, -0.15) is 0 Å². The molecule has 0 aromatic rings. The Morgan fingerprint density at radius 1 is 1.27 bits per heavy atom. The minimum absolute atomic E-state index is 0.137. The molecule has 88 valence electrons. The molecule has 1 aliphatic carbocycles. The highest BCUT2D eigenvalue weighted by Crippen LogP contribution is 2.27. The minimum Gasteiger partial charge on any atom is -0.394 e. The van der Waals surface area contributed by atoms with Gasteiger partial charge in [0.1, 0.15) is 0 Å². The van der Waals surface area contributed by atoms with Gasteiger partial charge in [-0.05, 0) is 25.7 Å². The van der Waals surface area contributed by atoms with Crippen LogP contribution in [0.2, 0.25) is 0 Å². The normalized spacial score (nSPS) is 34.0. The van der Waals surface area contributed by atoms with Gasteiger partial charge >= 0.3 is 0 Å². The molecule has 2 fully saturated rings. The lowest BCUT2D eigenvalue weighted by molar-refractivity contribution is -0.0246. The summed E-state index contributed by atoms with van der Waals surface area (Å²) in [5.74, 6) is 0. The topological polar surface area (TPSA) is 58.7 Å². The van der Waals surface area contributed by atoms with E-state index in [1.165, 1.54) is 12.8 Å². The van der Waals surface area contributed by atoms with Gasteiger partial charge in [0.25, 0.3) is 0 Å². The van der Waals surface area contributed by atoms with Crippen molar-refractivity contribution in [3.63, 3.8) is 0 Å². The molecular weight excluding hydrogens is 192 g/mol. The second-order valence-corrected chi connectivity index (χ2v) is 4.72. The van der Waals surface area contributed by atoms with Crippen LogP contribution >= 0.6 is 0 Å². The van der Waals surface area contributed by atoms with Crippen LogP contribution in [0.3, 0.4) is 0 Å². The smallest absolute Gasteiger partial charge is 0.0701 e. The Bertz CT molecular complexity index is 187. The van der Waals surface area contributed by atoms with E-state index in [-0.39, 0.29) is 6.61 Å². The molecule has 1 aliphatic heterocycles. The molecule has 3 N–H and O–H groups in total. The van der Waals surface area contributed by atoms with Crippen molar-refractivity contribution < 1.29 is 9.84 Å². The molecule has 0 atom stereocenters. The van der Waals surface area contributed by atoms with Crippen molar-refractivity contribution in [3.05, 3.63) is 0 Å². The minimum atomic E-state index is 0.137. The molecule has 1 saturated carbocycles. The third kappa shape index (κ3) is 2.91. The first-order chi connectivity index (χ1) is 7.29. The fourth-order valence-corrected chi connectivity index (χ4v) is 2.56. The molecule has 15 heavy (non-hydrogen) atoms. The van der Waals surface area contributed by atoms with Crippen molar-refractivity contribution in [1.29, 1.82) is 0 Å². The molecule has 0 aromatic heterocycles. The zero-order chi connectivity index (χ0) is 10.7. The number of likely N-dealkylation sites (tertiary alicyclic amines) is 1. The van der Waals surface area contributed by atoms with E-state index in [1.807, 2.05) is 0 Å². The van der Waals surface area contributed by atoms with E-state index in [0.29, 0.717) is 18.8 Å². The van der Waals surface area contributed by atoms with Crippen LogP contribution in [0.15, 0.2) is 0 Å². The number of nitrogens with two attached hydrogens (primary N) is 1. The molecular formula is C11H22N2O2. The molecule has 0 spiro atoms. The van der Waals surface area contributed by atoms with Crippen molar-refractivity contribution >= 4 is 0 Å². The van der Waals surface area contributed by atoms with Gasteiger partial charge in [-0.25, -0.2) is 0 Å². The van der Waals surface area contributed by atoms with Gasteiger partial charge in [0.05, 0.1) is 19.3 Å². The van der Waals surface area contributed by atoms with E-state index < -0.39 is 0 Å². The highest BCUT2D eigenvalue weighted by Gasteiger charge is 2.33. The van der Waals surface area contributed by atoms with Crippen molar-refractivity contribution in [2.24, 2.45) is 5.73 Å². The molecule has 0 amide bonds. The van der Waals surface area contributed by atoms with Crippen molar-refractivity contribution in [3.8, 4) is 0 Å². The predicted octanol–water partition coefficient (Wildman–Crippen LogP) is -0.0506. The van der Waals surface area contributed by atoms with Crippen LogP contribution in [0.5, 0.6) is 0 Å². The summed E-state index contributed by atoms with van der Waals surface area (Å²) >= 11 is 0. The van der Waals surface area contributed by atoms with Crippen LogP contribution in [0, 0.1) is 0 Å². The quantitative estimate of drug-likeness (QED) is 0.689. The van der Waals surface area contributed by atoms with Crippen LogP contribution < -0.4 is 5.73 Å². The largest absolute Gasteiger partial charge is 0.394 e. The molecule has 0 unspecified atom stereocenters. The van der Waals surface area contributed by atoms with E-state index in [0.717, 1.165) is 32.0 Å². The molecule has 2 rings (SSSR count). The van der Waals surface area contributed by atoms with Crippen molar-refractivity contribution in [2.45, 2.75) is 43.9 Å². The molecule has 1 saturated heterocycles. The lowest BCUT2D eigenvalue weighted by atomic mass is 9.85. The van der Waals surface area contributed by atoms with Gasteiger partial charge in [0, 0.05) is 25.2 Å². The van der Waals surface area contributed by atoms with Gasteiger partial charge in [-0.1, -0.05) is 0 Å². The van der Waals surface area contributed by atoms with E-state index in [2.05, 4.69) is 4.90 Å². The van der Waals surface area contributed by atoms with Gasteiger partial charge in [-0.15, -0.1) is 0 Å². The highest BCUT2D eigenvalue weighted by molar-refractivity contribution is 4.91. The van der Waals surface area contributed by atoms with Crippen LogP contribution in [0.4, 0.5) is 0 Å². The first-order valence-electron chi connectivity index (χ1n) is 6.01. The van der Waals surface area contributed by atoms with Gasteiger partial charge < -0.3 is 20.5 Å². The number of nitrogens with zero attached hydrogens (tertiary/aromatic N) is 1. The van der Waals surface area contributed by atoms with Crippen molar-refractivity contribution in [2.75, 3.05) is 26.3 Å². The molecule has 2 aliphatic rings. The average molecular weight is 214 g/mol. The monoisotopic (exact) mass is 214 g/mol. The van der Waals surface area contributed by atoms with Gasteiger partial charge in [0.15, 0.2) is 0 Å². The second kappa shape index (κ2) is 5.25. The van der Waals surface area contributed by atoms with E-state index in [4.69, 9.17) is 15.6 Å². The Hall–Kier alpha value is -0.160. The van der Waals surface area contributed by atoms with E-state index >= 15 is 0 Å². The number of hydrogen-bond donors (Lipinski definition) is 2. The van der Waals surface area contributed by atoms with E-state index in [1.54, 1.807) is 0 Å². The maximum Gasteiger partial charge on any atom is 0.0701 e. The van der Waals surface area contributed by atoms with Crippen LogP contribution in [-0.2, 0) is 4.74 Å². The fourth-order valence-electron chi connectivity index (χ4n) is 2.56. The standard InChI is InChI=1S/C11H22N2O2/c12-9-7-10(8-9)13-3-1-11(2-4-13)15-6-5-14/h9-11,14H,1-8,12H2. The molecule has 4 heteroatoms. The summed E-state index contributed by atoms with van der Waals surface area (Å²) < 4.78 is 5.53. The van der Waals surface area contributed by atoms with E-state index in [9.17, 15) is 0 Å². The Kier molecular flexibility index (Phi) is 3.97. The molecule has 1 heterocycles. The number of aliphatic hydroxyl groups is 1. The zero-order valence-corrected chi connectivity index (χ0v) is 9.27. The third-order valence-electron chi connectivity index (χ3n) is 3.59. The average Bonchev–Trinajstić information content (AvgIpc) is 2.23. The Labute approximate surface area is 91.4 Å². The Morgan fingerprint density at radius 2 is 1.93 bits per heavy atom.